The molecule has 2 atom stereocenters. The maximum atomic E-state index is 12.0. The zero-order valence-corrected chi connectivity index (χ0v) is 12.8. The molecule has 2 unspecified atom stereocenters. The molecule has 1 amide bonds. The van der Waals surface area contributed by atoms with Crippen molar-refractivity contribution in [2.45, 2.75) is 39.5 Å². The second-order valence-electron chi connectivity index (χ2n) is 5.76. The number of carbonyl (C=O) groups excluding carboxylic acids is 1. The molecule has 0 saturated carbocycles. The number of nitrogens with two attached hydrogens (primary N) is 1. The lowest BCUT2D eigenvalue weighted by Gasteiger charge is -2.17. The lowest BCUT2D eigenvalue weighted by Crippen LogP contribution is -2.20. The van der Waals surface area contributed by atoms with Gasteiger partial charge < -0.3 is 11.1 Å². The molecule has 1 aromatic rings. The van der Waals surface area contributed by atoms with Crippen molar-refractivity contribution in [3.8, 4) is 6.07 Å². The average Bonchev–Trinajstić information content (AvgIpc) is 2.74. The molecule has 0 fully saturated rings. The van der Waals surface area contributed by atoms with Gasteiger partial charge >= 0.3 is 0 Å². The van der Waals surface area contributed by atoms with Crippen LogP contribution in [-0.4, -0.2) is 12.5 Å². The van der Waals surface area contributed by atoms with Gasteiger partial charge in [-0.2, -0.15) is 5.26 Å². The van der Waals surface area contributed by atoms with E-state index >= 15 is 0 Å². The van der Waals surface area contributed by atoms with Crippen molar-refractivity contribution in [1.29, 1.82) is 5.26 Å². The number of amides is 1. The summed E-state index contributed by atoms with van der Waals surface area (Å²) in [6.07, 6.45) is 3.49. The summed E-state index contributed by atoms with van der Waals surface area (Å²) in [7, 11) is 0. The quantitative estimate of drug-likeness (QED) is 0.895. The van der Waals surface area contributed by atoms with E-state index in [4.69, 9.17) is 5.73 Å². The summed E-state index contributed by atoms with van der Waals surface area (Å²) >= 11 is 1.57. The topological polar surface area (TPSA) is 78.9 Å². The molecule has 0 radical (unpaired) electrons. The number of fused-ring (bicyclic) bond motifs is 1. The first-order chi connectivity index (χ1) is 9.55. The van der Waals surface area contributed by atoms with Crippen LogP contribution >= 0.6 is 11.3 Å². The van der Waals surface area contributed by atoms with Crippen molar-refractivity contribution in [2.24, 2.45) is 17.6 Å². The zero-order valence-electron chi connectivity index (χ0n) is 12.0. The van der Waals surface area contributed by atoms with Crippen molar-refractivity contribution in [3.63, 3.8) is 0 Å². The van der Waals surface area contributed by atoms with Crippen LogP contribution in [0.15, 0.2) is 0 Å². The Morgan fingerprint density at radius 1 is 1.65 bits per heavy atom. The van der Waals surface area contributed by atoms with Gasteiger partial charge in [0.2, 0.25) is 5.91 Å². The number of nitrogens with one attached hydrogen (secondary N) is 1. The molecule has 0 aromatic carbocycles. The number of carbonyl (C=O) groups is 1. The van der Waals surface area contributed by atoms with Crippen LogP contribution < -0.4 is 11.1 Å². The summed E-state index contributed by atoms with van der Waals surface area (Å²) in [5.74, 6) is 0.773. The van der Waals surface area contributed by atoms with E-state index in [0.29, 0.717) is 24.4 Å². The van der Waals surface area contributed by atoms with Gasteiger partial charge in [0.15, 0.2) is 0 Å². The second kappa shape index (κ2) is 6.38. The fraction of sp³-hybridized carbons (Fsp3) is 0.600. The Kier molecular flexibility index (Phi) is 4.79. The highest BCUT2D eigenvalue weighted by molar-refractivity contribution is 7.16. The minimum atomic E-state index is -0.0499. The number of thiophene rings is 1. The highest BCUT2D eigenvalue weighted by atomic mass is 32.1. The fourth-order valence-electron chi connectivity index (χ4n) is 2.53. The lowest BCUT2D eigenvalue weighted by molar-refractivity contribution is -0.116. The van der Waals surface area contributed by atoms with Crippen LogP contribution in [0.1, 0.15) is 42.7 Å². The number of hydrogen-bond donors (Lipinski definition) is 2. The van der Waals surface area contributed by atoms with E-state index < -0.39 is 0 Å². The van der Waals surface area contributed by atoms with E-state index in [0.717, 1.165) is 29.8 Å². The number of anilines is 1. The Labute approximate surface area is 124 Å². The predicted molar refractivity (Wildman–Crippen MR) is 81.7 cm³/mol. The maximum absolute atomic E-state index is 12.0. The summed E-state index contributed by atoms with van der Waals surface area (Å²) in [5.41, 5.74) is 7.36. The molecule has 3 N–H and O–H groups in total. The minimum Gasteiger partial charge on any atom is -0.330 e. The first-order valence-electron chi connectivity index (χ1n) is 7.09. The number of rotatable bonds is 4. The first-order valence-corrected chi connectivity index (χ1v) is 7.91. The molecule has 1 aliphatic carbocycles. The van der Waals surface area contributed by atoms with Crippen LogP contribution in [0.3, 0.4) is 0 Å². The van der Waals surface area contributed by atoms with Crippen molar-refractivity contribution >= 4 is 22.2 Å². The smallest absolute Gasteiger partial charge is 0.225 e. The van der Waals surface area contributed by atoms with E-state index in [1.54, 1.807) is 11.3 Å². The normalized spacial score (nSPS) is 19.0. The van der Waals surface area contributed by atoms with Gasteiger partial charge in [0.05, 0.1) is 5.56 Å². The van der Waals surface area contributed by atoms with Gasteiger partial charge in [-0.15, -0.1) is 11.3 Å². The van der Waals surface area contributed by atoms with E-state index in [1.807, 2.05) is 6.92 Å². The van der Waals surface area contributed by atoms with Crippen LogP contribution in [0.25, 0.3) is 0 Å². The summed E-state index contributed by atoms with van der Waals surface area (Å²) in [5, 5.41) is 13.0. The molecule has 20 heavy (non-hydrogen) atoms. The molecular formula is C15H21N3OS. The number of hydrogen-bond acceptors (Lipinski definition) is 4. The highest BCUT2D eigenvalue weighted by Crippen LogP contribution is 2.39. The molecule has 0 bridgehead atoms. The molecule has 5 heteroatoms. The fourth-order valence-corrected chi connectivity index (χ4v) is 3.91. The average molecular weight is 291 g/mol. The molecule has 0 saturated heterocycles. The number of nitriles is 1. The molecule has 1 aliphatic rings. The Morgan fingerprint density at radius 3 is 3.05 bits per heavy atom. The van der Waals surface area contributed by atoms with Gasteiger partial charge in [-0.05, 0) is 43.2 Å². The standard InChI is InChI=1S/C15H21N3OS/c1-9-3-4-11-12(8-17)15(20-13(11)5-9)18-14(19)6-10(2)7-16/h9-10H,3-7,16H2,1-2H3,(H,18,19). The minimum absolute atomic E-state index is 0.0499. The predicted octanol–water partition coefficient (Wildman–Crippen LogP) is 2.67. The van der Waals surface area contributed by atoms with E-state index in [1.165, 1.54) is 4.88 Å². The van der Waals surface area contributed by atoms with Crippen LogP contribution in [0.4, 0.5) is 5.00 Å². The third-order valence-corrected chi connectivity index (χ3v) is 4.98. The van der Waals surface area contributed by atoms with Gasteiger partial charge in [0.1, 0.15) is 11.1 Å². The maximum Gasteiger partial charge on any atom is 0.225 e. The van der Waals surface area contributed by atoms with Crippen molar-refractivity contribution < 1.29 is 4.79 Å². The van der Waals surface area contributed by atoms with Gasteiger partial charge in [0, 0.05) is 11.3 Å². The third-order valence-electron chi connectivity index (χ3n) is 3.81. The molecule has 4 nitrogen and oxygen atoms in total. The first kappa shape index (κ1) is 15.0. The molecule has 0 aliphatic heterocycles. The van der Waals surface area contributed by atoms with Gasteiger partial charge in [-0.3, -0.25) is 4.79 Å². The molecule has 1 heterocycles. The number of nitrogens with zero attached hydrogens (tertiary/aromatic N) is 1. The highest BCUT2D eigenvalue weighted by Gasteiger charge is 2.24. The Balaban J connectivity index is 2.16. The monoisotopic (exact) mass is 291 g/mol. The zero-order chi connectivity index (χ0) is 14.7. The van der Waals surface area contributed by atoms with Crippen LogP contribution in [-0.2, 0) is 17.6 Å². The summed E-state index contributed by atoms with van der Waals surface area (Å²) < 4.78 is 0. The Morgan fingerprint density at radius 2 is 2.40 bits per heavy atom. The Hall–Kier alpha value is -1.38. The molecule has 108 valence electrons. The SMILES string of the molecule is CC(CN)CC(=O)Nc1sc2c(c1C#N)CCC(C)C2. The van der Waals surface area contributed by atoms with Crippen LogP contribution in [0, 0.1) is 23.2 Å². The molecule has 1 aromatic heterocycles. The van der Waals surface area contributed by atoms with Crippen LogP contribution in [0.5, 0.6) is 0 Å². The lowest BCUT2D eigenvalue weighted by atomic mass is 9.88. The largest absolute Gasteiger partial charge is 0.330 e. The third kappa shape index (κ3) is 3.20. The van der Waals surface area contributed by atoms with Gasteiger partial charge in [-0.1, -0.05) is 13.8 Å². The van der Waals surface area contributed by atoms with Crippen molar-refractivity contribution in [2.75, 3.05) is 11.9 Å². The second-order valence-corrected chi connectivity index (χ2v) is 6.87. The van der Waals surface area contributed by atoms with Crippen LogP contribution in [0.2, 0.25) is 0 Å². The Bertz CT molecular complexity index is 544. The summed E-state index contributed by atoms with van der Waals surface area (Å²) in [6.45, 7) is 4.68. The van der Waals surface area contributed by atoms with E-state index in [2.05, 4.69) is 18.3 Å². The summed E-state index contributed by atoms with van der Waals surface area (Å²) in [4.78, 5) is 13.2. The van der Waals surface area contributed by atoms with Crippen molar-refractivity contribution in [3.05, 3.63) is 16.0 Å². The van der Waals surface area contributed by atoms with Gasteiger partial charge in [-0.25, -0.2) is 0 Å². The van der Waals surface area contributed by atoms with Crippen molar-refractivity contribution in [1.82, 2.24) is 0 Å². The van der Waals surface area contributed by atoms with Gasteiger partial charge in [0.25, 0.3) is 0 Å². The summed E-state index contributed by atoms with van der Waals surface area (Å²) in [6, 6.07) is 2.26. The van der Waals surface area contributed by atoms with E-state index in [9.17, 15) is 10.1 Å². The molecule has 0 spiro atoms. The molecular weight excluding hydrogens is 270 g/mol. The van der Waals surface area contributed by atoms with E-state index in [-0.39, 0.29) is 11.8 Å². The molecule has 2 rings (SSSR count).